The van der Waals surface area contributed by atoms with Crippen LogP contribution in [0.5, 0.6) is 0 Å². The summed E-state index contributed by atoms with van der Waals surface area (Å²) in [6.45, 7) is 4.82. The van der Waals surface area contributed by atoms with E-state index in [1.807, 2.05) is 0 Å². The number of hydrogen-bond donors (Lipinski definition) is 0. The zero-order valence-electron chi connectivity index (χ0n) is 15.9. The van der Waals surface area contributed by atoms with E-state index in [0.29, 0.717) is 0 Å². The molecule has 0 atom stereocenters. The van der Waals surface area contributed by atoms with E-state index in [2.05, 4.69) is 57.4 Å². The molecule has 4 rings (SSSR count). The van der Waals surface area contributed by atoms with Crippen LogP contribution in [0.3, 0.4) is 0 Å². The zero-order valence-corrected chi connectivity index (χ0v) is 16.7. The first-order valence-electron chi connectivity index (χ1n) is 9.81. The quantitative estimate of drug-likeness (QED) is 0.818. The molecule has 2 aromatic rings. The molecule has 0 aliphatic carbocycles. The summed E-state index contributed by atoms with van der Waals surface area (Å²) in [4.78, 5) is 12.1. The van der Waals surface area contributed by atoms with E-state index in [1.54, 1.807) is 0 Å². The van der Waals surface area contributed by atoms with Crippen LogP contribution < -0.4 is 9.80 Å². The summed E-state index contributed by atoms with van der Waals surface area (Å²) in [5, 5.41) is 1.08. The van der Waals surface area contributed by atoms with Crippen LogP contribution in [0, 0.1) is 0 Å². The zero-order chi connectivity index (χ0) is 17.9. The van der Waals surface area contributed by atoms with Crippen molar-refractivity contribution in [3.05, 3.63) is 24.3 Å². The summed E-state index contributed by atoms with van der Waals surface area (Å²) in [7, 11) is 4.11. The Bertz CT molecular complexity index is 697. The van der Waals surface area contributed by atoms with Gasteiger partial charge in [0.2, 0.25) is 5.13 Å². The van der Waals surface area contributed by atoms with Gasteiger partial charge >= 0.3 is 0 Å². The number of likely N-dealkylation sites (tertiary alicyclic amines) is 1. The van der Waals surface area contributed by atoms with Crippen molar-refractivity contribution in [1.82, 2.24) is 14.3 Å². The molecule has 6 heteroatoms. The first kappa shape index (κ1) is 17.7. The number of benzene rings is 1. The molecule has 5 nitrogen and oxygen atoms in total. The molecule has 0 radical (unpaired) electrons. The smallest absolute Gasteiger partial charge is 0.205 e. The fourth-order valence-electron chi connectivity index (χ4n) is 4.08. The van der Waals surface area contributed by atoms with Crippen LogP contribution in [0.1, 0.15) is 32.1 Å². The van der Waals surface area contributed by atoms with Gasteiger partial charge in [-0.15, -0.1) is 0 Å². The van der Waals surface area contributed by atoms with Gasteiger partial charge in [-0.1, -0.05) is 6.42 Å². The molecular weight excluding hydrogens is 342 g/mol. The Morgan fingerprint density at radius 2 is 1.65 bits per heavy atom. The highest BCUT2D eigenvalue weighted by molar-refractivity contribution is 7.09. The lowest BCUT2D eigenvalue weighted by atomic mass is 10.0. The highest BCUT2D eigenvalue weighted by Gasteiger charge is 2.27. The molecule has 2 saturated heterocycles. The predicted molar refractivity (Wildman–Crippen MR) is 110 cm³/mol. The Morgan fingerprint density at radius 3 is 2.31 bits per heavy atom. The second kappa shape index (κ2) is 7.92. The Kier molecular flexibility index (Phi) is 5.41. The highest BCUT2D eigenvalue weighted by atomic mass is 32.1. The normalized spacial score (nSPS) is 19.7. The largest absolute Gasteiger partial charge is 0.378 e. The highest BCUT2D eigenvalue weighted by Crippen LogP contribution is 2.29. The van der Waals surface area contributed by atoms with Crippen molar-refractivity contribution in [2.75, 3.05) is 50.1 Å². The number of hydrogen-bond acceptors (Lipinski definition) is 6. The van der Waals surface area contributed by atoms with E-state index in [4.69, 9.17) is 4.98 Å². The van der Waals surface area contributed by atoms with Gasteiger partial charge in [-0.2, -0.15) is 9.36 Å². The third-order valence-corrected chi connectivity index (χ3v) is 6.48. The second-order valence-corrected chi connectivity index (χ2v) is 8.39. The van der Waals surface area contributed by atoms with Gasteiger partial charge in [0.15, 0.2) is 5.82 Å². The van der Waals surface area contributed by atoms with Gasteiger partial charge in [0.25, 0.3) is 0 Å². The van der Waals surface area contributed by atoms with Crippen LogP contribution in [-0.2, 0) is 0 Å². The fraction of sp³-hybridized carbons (Fsp3) is 0.600. The minimum Gasteiger partial charge on any atom is -0.378 e. The van der Waals surface area contributed by atoms with Gasteiger partial charge in [0.05, 0.1) is 0 Å². The molecule has 0 N–H and O–H groups in total. The molecule has 0 saturated carbocycles. The minimum absolute atomic E-state index is 0.775. The van der Waals surface area contributed by atoms with E-state index >= 15 is 0 Å². The molecule has 0 unspecified atom stereocenters. The lowest BCUT2D eigenvalue weighted by Crippen LogP contribution is -2.46. The third-order valence-electron chi connectivity index (χ3n) is 5.70. The molecule has 0 bridgehead atoms. The van der Waals surface area contributed by atoms with Gasteiger partial charge in [-0.3, -0.25) is 0 Å². The SMILES string of the molecule is CN(C)c1ccc(-c2nsc(N3CCC(N4CCCCC4)CC3)n2)cc1. The van der Waals surface area contributed by atoms with Crippen molar-refractivity contribution in [3.63, 3.8) is 0 Å². The van der Waals surface area contributed by atoms with E-state index in [0.717, 1.165) is 35.7 Å². The maximum Gasteiger partial charge on any atom is 0.205 e. The summed E-state index contributed by atoms with van der Waals surface area (Å²) in [5.74, 6) is 0.855. The maximum absolute atomic E-state index is 4.82. The molecule has 0 amide bonds. The summed E-state index contributed by atoms with van der Waals surface area (Å²) >= 11 is 1.54. The topological polar surface area (TPSA) is 35.5 Å². The van der Waals surface area contributed by atoms with Crippen molar-refractivity contribution in [3.8, 4) is 11.4 Å². The Morgan fingerprint density at radius 1 is 0.962 bits per heavy atom. The molecule has 1 aromatic carbocycles. The van der Waals surface area contributed by atoms with Crippen molar-refractivity contribution in [1.29, 1.82) is 0 Å². The minimum atomic E-state index is 0.775. The van der Waals surface area contributed by atoms with Gasteiger partial charge in [0.1, 0.15) is 0 Å². The van der Waals surface area contributed by atoms with Crippen LogP contribution in [0.4, 0.5) is 10.8 Å². The molecule has 1 aromatic heterocycles. The van der Waals surface area contributed by atoms with Crippen molar-refractivity contribution >= 4 is 22.4 Å². The summed E-state index contributed by atoms with van der Waals surface area (Å²) in [5.41, 5.74) is 2.30. The monoisotopic (exact) mass is 371 g/mol. The lowest BCUT2D eigenvalue weighted by molar-refractivity contribution is 0.141. The molecule has 26 heavy (non-hydrogen) atoms. The number of rotatable bonds is 4. The maximum atomic E-state index is 4.82. The van der Waals surface area contributed by atoms with E-state index < -0.39 is 0 Å². The van der Waals surface area contributed by atoms with Gasteiger partial charge in [-0.25, -0.2) is 0 Å². The van der Waals surface area contributed by atoms with Crippen molar-refractivity contribution in [2.45, 2.75) is 38.1 Å². The van der Waals surface area contributed by atoms with Crippen molar-refractivity contribution < 1.29 is 0 Å². The molecule has 0 spiro atoms. The Hall–Kier alpha value is -1.66. The van der Waals surface area contributed by atoms with Crippen LogP contribution in [0.2, 0.25) is 0 Å². The molecular formula is C20H29N5S. The molecule has 140 valence electrons. The van der Waals surface area contributed by atoms with E-state index in [1.165, 1.54) is 62.4 Å². The van der Waals surface area contributed by atoms with Crippen molar-refractivity contribution in [2.24, 2.45) is 0 Å². The average molecular weight is 372 g/mol. The number of anilines is 2. The third kappa shape index (κ3) is 3.86. The standard InChI is InChI=1S/C20H29N5S/c1-23(2)17-8-6-16(7-9-17)19-21-20(26-22-19)25-14-10-18(11-15-25)24-12-4-3-5-13-24/h6-9,18H,3-5,10-15H2,1-2H3. The first-order valence-corrected chi connectivity index (χ1v) is 10.6. The van der Waals surface area contributed by atoms with E-state index in [9.17, 15) is 0 Å². The molecule has 2 aliphatic rings. The molecule has 2 fully saturated rings. The lowest BCUT2D eigenvalue weighted by Gasteiger charge is -2.40. The van der Waals surface area contributed by atoms with Crippen LogP contribution in [0.25, 0.3) is 11.4 Å². The predicted octanol–water partition coefficient (Wildman–Crippen LogP) is 3.73. The fourth-order valence-corrected chi connectivity index (χ4v) is 4.82. The Balaban J connectivity index is 1.37. The number of aromatic nitrogens is 2. The number of nitrogens with zero attached hydrogens (tertiary/aromatic N) is 5. The Labute approximate surface area is 160 Å². The summed E-state index contributed by atoms with van der Waals surface area (Å²) < 4.78 is 4.61. The van der Waals surface area contributed by atoms with Gasteiger partial charge < -0.3 is 14.7 Å². The average Bonchev–Trinajstić information content (AvgIpc) is 3.19. The summed E-state index contributed by atoms with van der Waals surface area (Å²) in [6.07, 6.45) is 6.69. The molecule has 3 heterocycles. The molecule has 2 aliphatic heterocycles. The summed E-state index contributed by atoms with van der Waals surface area (Å²) in [6, 6.07) is 9.26. The van der Waals surface area contributed by atoms with Crippen LogP contribution >= 0.6 is 11.5 Å². The van der Waals surface area contributed by atoms with Crippen LogP contribution in [0.15, 0.2) is 24.3 Å². The van der Waals surface area contributed by atoms with Gasteiger partial charge in [-0.05, 0) is 63.0 Å². The van der Waals surface area contributed by atoms with Crippen LogP contribution in [-0.4, -0.2) is 60.6 Å². The van der Waals surface area contributed by atoms with E-state index in [-0.39, 0.29) is 0 Å². The first-order chi connectivity index (χ1) is 12.7. The second-order valence-electron chi connectivity index (χ2n) is 7.66. The van der Waals surface area contributed by atoms with Gasteiger partial charge in [0, 0.05) is 56.0 Å². The number of piperidine rings is 2.